The smallest absolute Gasteiger partial charge is 0.339 e. The van der Waals surface area contributed by atoms with Crippen LogP contribution in [0, 0.1) is 5.92 Å². The van der Waals surface area contributed by atoms with Crippen LogP contribution in [0.1, 0.15) is 36.8 Å². The first-order valence-corrected chi connectivity index (χ1v) is 10.2. The van der Waals surface area contributed by atoms with Gasteiger partial charge in [0.05, 0.1) is 25.6 Å². The van der Waals surface area contributed by atoms with E-state index in [0.717, 1.165) is 24.2 Å². The van der Waals surface area contributed by atoms with E-state index in [1.807, 2.05) is 6.07 Å². The van der Waals surface area contributed by atoms with Crippen molar-refractivity contribution in [3.63, 3.8) is 0 Å². The molecule has 0 radical (unpaired) electrons. The van der Waals surface area contributed by atoms with Gasteiger partial charge in [0.25, 0.3) is 0 Å². The molecule has 6 rings (SSSR count). The molecule has 1 aromatic carbocycles. The van der Waals surface area contributed by atoms with Crippen molar-refractivity contribution in [2.75, 3.05) is 20.1 Å². The molecule has 6 atom stereocenters. The molecular weight excluding hydrogens is 362 g/mol. The van der Waals surface area contributed by atoms with E-state index in [0.29, 0.717) is 23.2 Å². The molecule has 150 valence electrons. The van der Waals surface area contributed by atoms with Crippen molar-refractivity contribution in [3.05, 3.63) is 23.3 Å². The third kappa shape index (κ3) is 1.63. The Labute approximate surface area is 162 Å². The monoisotopic (exact) mass is 388 g/mol. The second-order valence-electron chi connectivity index (χ2n) is 10.0. The van der Waals surface area contributed by atoms with Crippen molar-refractivity contribution in [2.45, 2.75) is 60.9 Å². The Morgan fingerprint density at radius 2 is 2.07 bits per heavy atom. The van der Waals surface area contributed by atoms with Crippen molar-refractivity contribution < 1.29 is 34.4 Å². The summed E-state index contributed by atoms with van der Waals surface area (Å²) in [6.07, 6.45) is 2.22. The zero-order valence-electron chi connectivity index (χ0n) is 15.9. The van der Waals surface area contributed by atoms with Crippen molar-refractivity contribution >= 4 is 5.97 Å². The minimum Gasteiger partial charge on any atom is -0.504 e. The molecule has 4 N–H and O–H groups in total. The predicted molar refractivity (Wildman–Crippen MR) is 97.1 cm³/mol. The van der Waals surface area contributed by atoms with Gasteiger partial charge >= 0.3 is 5.97 Å². The number of nitrogens with zero attached hydrogens (tertiary/aromatic N) is 1. The minimum absolute atomic E-state index is 0.0585. The minimum atomic E-state index is -2.19. The highest BCUT2D eigenvalue weighted by atomic mass is 16.5. The molecule has 1 saturated heterocycles. The zero-order chi connectivity index (χ0) is 19.7. The summed E-state index contributed by atoms with van der Waals surface area (Å²) in [4.78, 5) is 12.1. The number of ether oxygens (including phenoxy) is 1. The Kier molecular flexibility index (Phi) is 2.84. The summed E-state index contributed by atoms with van der Waals surface area (Å²) in [7, 11) is 2.17. The summed E-state index contributed by atoms with van der Waals surface area (Å²) in [5.41, 5.74) is -2.84. The molecule has 2 aliphatic heterocycles. The fraction of sp³-hybridized carbons (Fsp3) is 0.667. The molecule has 2 saturated carbocycles. The number of likely N-dealkylation sites (N-methyl/N-ethyl adjacent to an activating group) is 1. The highest BCUT2D eigenvalue weighted by Gasteiger charge is 2.84. The molecule has 3 fully saturated rings. The van der Waals surface area contributed by atoms with Crippen molar-refractivity contribution in [2.24, 2.45) is 5.92 Å². The van der Waals surface area contributed by atoms with Crippen LogP contribution >= 0.6 is 0 Å². The third-order valence-corrected chi connectivity index (χ3v) is 8.57. The SMILES string of the molecule is C[N+]1(CC2CC2)CC[C@]23c4c5ccc(O)c4O[C@H]2[C@](O)(C(=O)O)C[C@]3(O)[C@H]1C5. The van der Waals surface area contributed by atoms with Gasteiger partial charge in [-0.25, -0.2) is 4.79 Å². The molecular formula is C21H26NO6+. The Balaban J connectivity index is 1.62. The van der Waals surface area contributed by atoms with E-state index in [1.165, 1.54) is 12.8 Å². The maximum atomic E-state index is 12.2. The van der Waals surface area contributed by atoms with Crippen LogP contribution < -0.4 is 4.74 Å². The highest BCUT2D eigenvalue weighted by Crippen LogP contribution is 2.70. The van der Waals surface area contributed by atoms with E-state index >= 15 is 0 Å². The van der Waals surface area contributed by atoms with Gasteiger partial charge in [0.15, 0.2) is 17.6 Å². The molecule has 7 nitrogen and oxygen atoms in total. The molecule has 2 heterocycles. The van der Waals surface area contributed by atoms with E-state index in [2.05, 4.69) is 7.05 Å². The number of quaternary nitrogens is 1. The normalized spacial score (nSPS) is 47.5. The van der Waals surface area contributed by atoms with Crippen LogP contribution in [-0.2, 0) is 16.6 Å². The lowest BCUT2D eigenvalue weighted by Crippen LogP contribution is -2.76. The standard InChI is InChI=1S/C21H25NO6/c1-22(9-11-2-3-11)7-6-19-15-12-4-5-13(23)16(15)28-17(19)20(26,18(24)25)10-21(19,27)14(22)8-12/h4-5,11,14,17,26-27H,2-3,6-10H2,1H3,(H-,23,24,25)/p+1/t14-,17-,19+,20+,21+,22?/m1/s1. The van der Waals surface area contributed by atoms with E-state index in [9.17, 15) is 25.2 Å². The lowest BCUT2D eigenvalue weighted by Gasteiger charge is -2.60. The summed E-state index contributed by atoms with van der Waals surface area (Å²) in [6, 6.07) is 3.25. The number of hydrogen-bond acceptors (Lipinski definition) is 5. The lowest BCUT2D eigenvalue weighted by atomic mass is 9.55. The Morgan fingerprint density at radius 1 is 1.32 bits per heavy atom. The number of phenols is 1. The van der Waals surface area contributed by atoms with Gasteiger partial charge in [0.2, 0.25) is 5.60 Å². The summed E-state index contributed by atoms with van der Waals surface area (Å²) < 4.78 is 6.68. The number of carbonyl (C=O) groups is 1. The summed E-state index contributed by atoms with van der Waals surface area (Å²) in [5.74, 6) is -0.519. The van der Waals surface area contributed by atoms with Crippen LogP contribution in [0.15, 0.2) is 12.1 Å². The molecule has 1 aromatic rings. The number of aromatic hydroxyl groups is 1. The number of rotatable bonds is 3. The molecule has 28 heavy (non-hydrogen) atoms. The van der Waals surface area contributed by atoms with Crippen molar-refractivity contribution in [1.29, 1.82) is 0 Å². The summed E-state index contributed by atoms with van der Waals surface area (Å²) in [5, 5.41) is 43.7. The van der Waals surface area contributed by atoms with Crippen LogP contribution in [0.3, 0.4) is 0 Å². The number of aliphatic hydroxyl groups is 2. The quantitative estimate of drug-likeness (QED) is 0.563. The summed E-state index contributed by atoms with van der Waals surface area (Å²) in [6.45, 7) is 1.77. The topological polar surface area (TPSA) is 107 Å². The largest absolute Gasteiger partial charge is 0.504 e. The molecule has 3 aliphatic carbocycles. The Morgan fingerprint density at radius 3 is 2.75 bits per heavy atom. The van der Waals surface area contributed by atoms with Gasteiger partial charge in [-0.2, -0.15) is 0 Å². The lowest BCUT2D eigenvalue weighted by molar-refractivity contribution is -0.950. The van der Waals surface area contributed by atoms with Crippen molar-refractivity contribution in [3.8, 4) is 11.5 Å². The first-order chi connectivity index (χ1) is 13.2. The molecule has 0 amide bonds. The fourth-order valence-electron chi connectivity index (χ4n) is 7.24. The number of phenolic OH excluding ortho intramolecular Hbond substituents is 1. The average Bonchev–Trinajstić information content (AvgIpc) is 3.29. The van der Waals surface area contributed by atoms with E-state index in [1.54, 1.807) is 6.07 Å². The van der Waals surface area contributed by atoms with Gasteiger partial charge in [-0.3, -0.25) is 0 Å². The molecule has 1 unspecified atom stereocenters. The fourth-order valence-corrected chi connectivity index (χ4v) is 7.24. The van der Waals surface area contributed by atoms with Gasteiger partial charge in [-0.1, -0.05) is 6.07 Å². The van der Waals surface area contributed by atoms with E-state index in [4.69, 9.17) is 4.74 Å². The number of carboxylic acid groups (broad SMARTS) is 1. The van der Waals surface area contributed by atoms with Crippen LogP contribution in [0.2, 0.25) is 0 Å². The van der Waals surface area contributed by atoms with Gasteiger partial charge in [0, 0.05) is 30.7 Å². The van der Waals surface area contributed by atoms with E-state index < -0.39 is 28.7 Å². The number of likely N-dealkylation sites (tertiary alicyclic amines) is 1. The number of carboxylic acids is 1. The van der Waals surface area contributed by atoms with Crippen LogP contribution in [0.5, 0.6) is 11.5 Å². The average molecular weight is 388 g/mol. The van der Waals surface area contributed by atoms with E-state index in [-0.39, 0.29) is 24.0 Å². The second kappa shape index (κ2) is 4.66. The molecule has 7 heteroatoms. The molecule has 0 aromatic heterocycles. The second-order valence-corrected chi connectivity index (χ2v) is 10.0. The predicted octanol–water partition coefficient (Wildman–Crippen LogP) is 0.526. The van der Waals surface area contributed by atoms with Gasteiger partial charge < -0.3 is 29.6 Å². The number of benzene rings is 1. The first-order valence-electron chi connectivity index (χ1n) is 10.2. The Hall–Kier alpha value is -1.83. The highest BCUT2D eigenvalue weighted by molar-refractivity contribution is 5.82. The maximum Gasteiger partial charge on any atom is 0.339 e. The first kappa shape index (κ1) is 17.1. The summed E-state index contributed by atoms with van der Waals surface area (Å²) >= 11 is 0. The molecule has 1 spiro atoms. The maximum absolute atomic E-state index is 12.2. The van der Waals surface area contributed by atoms with Gasteiger partial charge in [0.1, 0.15) is 11.6 Å². The molecule has 5 aliphatic rings. The number of piperidine rings is 1. The van der Waals surface area contributed by atoms with Crippen LogP contribution in [-0.4, -0.2) is 74.4 Å². The Bertz CT molecular complexity index is 930. The number of hydrogen-bond donors (Lipinski definition) is 4. The number of aliphatic carboxylic acids is 1. The van der Waals surface area contributed by atoms with Crippen LogP contribution in [0.4, 0.5) is 0 Å². The van der Waals surface area contributed by atoms with Crippen LogP contribution in [0.25, 0.3) is 0 Å². The zero-order valence-corrected chi connectivity index (χ0v) is 15.9. The molecule has 2 bridgehead atoms. The third-order valence-electron chi connectivity index (χ3n) is 8.57. The van der Waals surface area contributed by atoms with Crippen molar-refractivity contribution in [1.82, 2.24) is 0 Å². The van der Waals surface area contributed by atoms with Gasteiger partial charge in [-0.05, 0) is 24.5 Å². The van der Waals surface area contributed by atoms with Gasteiger partial charge in [-0.15, -0.1) is 0 Å².